The Morgan fingerprint density at radius 3 is 2.70 bits per heavy atom. The Labute approximate surface area is 118 Å². The number of carboxylic acid groups (broad SMARTS) is 1. The largest absolute Gasteiger partial charge is 0.481 e. The summed E-state index contributed by atoms with van der Waals surface area (Å²) in [6.45, 7) is 5.40. The average Bonchev–Trinajstić information content (AvgIpc) is 2.44. The molecule has 0 atom stereocenters. The van der Waals surface area contributed by atoms with Crippen LogP contribution in [0.1, 0.15) is 32.0 Å². The van der Waals surface area contributed by atoms with E-state index in [4.69, 9.17) is 5.11 Å². The molecule has 4 heteroatoms. The van der Waals surface area contributed by atoms with Crippen LogP contribution in [0, 0.1) is 5.41 Å². The smallest absolute Gasteiger partial charge is 0.312 e. The molecule has 0 aliphatic heterocycles. The zero-order valence-electron chi connectivity index (χ0n) is 11.9. The number of carbonyl (C=O) groups is 1. The highest BCUT2D eigenvalue weighted by molar-refractivity contribution is 5.81. The lowest BCUT2D eigenvalue weighted by Gasteiger charge is -2.12. The minimum atomic E-state index is -0.903. The van der Waals surface area contributed by atoms with Crippen molar-refractivity contribution in [3.8, 4) is 0 Å². The average molecular weight is 270 g/mol. The summed E-state index contributed by atoms with van der Waals surface area (Å²) in [6.07, 6.45) is 7.89. The van der Waals surface area contributed by atoms with E-state index in [9.17, 15) is 4.79 Å². The zero-order chi connectivity index (χ0) is 14.8. The van der Waals surface area contributed by atoms with Crippen LogP contribution in [0.2, 0.25) is 0 Å². The molecule has 4 nitrogen and oxygen atoms in total. The maximum absolute atomic E-state index is 11.1. The van der Waals surface area contributed by atoms with Crippen LogP contribution in [0.15, 0.2) is 30.6 Å². The summed E-state index contributed by atoms with van der Waals surface area (Å²) in [5, 5.41) is 10.1. The van der Waals surface area contributed by atoms with Gasteiger partial charge in [-0.3, -0.25) is 14.8 Å². The Kier molecular flexibility index (Phi) is 3.84. The summed E-state index contributed by atoms with van der Waals surface area (Å²) < 4.78 is 0. The van der Waals surface area contributed by atoms with Crippen LogP contribution in [0.4, 0.5) is 0 Å². The van der Waals surface area contributed by atoms with E-state index in [1.807, 2.05) is 12.3 Å². The summed E-state index contributed by atoms with van der Waals surface area (Å²) in [5.41, 5.74) is 1.85. The van der Waals surface area contributed by atoms with Gasteiger partial charge in [0.15, 0.2) is 0 Å². The summed E-state index contributed by atoms with van der Waals surface area (Å²) >= 11 is 0. The van der Waals surface area contributed by atoms with E-state index in [1.54, 1.807) is 32.2 Å². The Hall–Kier alpha value is -2.23. The van der Waals surface area contributed by atoms with E-state index in [0.29, 0.717) is 0 Å². The molecule has 1 N–H and O–H groups in total. The van der Waals surface area contributed by atoms with Crippen LogP contribution in [0.5, 0.6) is 0 Å². The number of hydrogen-bond donors (Lipinski definition) is 1. The Bertz CT molecular complexity index is 675. The second-order valence-corrected chi connectivity index (χ2v) is 5.36. The highest BCUT2D eigenvalue weighted by Gasteiger charge is 2.23. The molecular formula is C16H18N2O2. The van der Waals surface area contributed by atoms with Crippen molar-refractivity contribution in [2.24, 2.45) is 5.41 Å². The number of rotatable bonds is 4. The second-order valence-electron chi connectivity index (χ2n) is 5.36. The Morgan fingerprint density at radius 2 is 2.05 bits per heavy atom. The summed E-state index contributed by atoms with van der Waals surface area (Å²) in [5.74, 6) is -0.857. The molecule has 0 saturated heterocycles. The number of aromatic nitrogens is 2. The molecule has 2 rings (SSSR count). The molecule has 20 heavy (non-hydrogen) atoms. The number of aliphatic carboxylic acids is 1. The monoisotopic (exact) mass is 270 g/mol. The van der Waals surface area contributed by atoms with Crippen molar-refractivity contribution >= 4 is 22.9 Å². The van der Waals surface area contributed by atoms with Gasteiger partial charge in [0.05, 0.1) is 22.8 Å². The van der Waals surface area contributed by atoms with E-state index in [1.165, 1.54) is 5.56 Å². The minimum Gasteiger partial charge on any atom is -0.481 e. The topological polar surface area (TPSA) is 63.1 Å². The molecule has 0 aliphatic rings. The van der Waals surface area contributed by atoms with Gasteiger partial charge in [-0.25, -0.2) is 0 Å². The van der Waals surface area contributed by atoms with Gasteiger partial charge in [-0.1, -0.05) is 13.0 Å². The normalized spacial score (nSPS) is 12.2. The molecule has 0 saturated carbocycles. The predicted octanol–water partition coefficient (Wildman–Crippen LogP) is 3.32. The third-order valence-electron chi connectivity index (χ3n) is 3.28. The third-order valence-corrected chi connectivity index (χ3v) is 3.28. The van der Waals surface area contributed by atoms with Crippen LogP contribution < -0.4 is 0 Å². The van der Waals surface area contributed by atoms with Gasteiger partial charge in [0.1, 0.15) is 0 Å². The van der Waals surface area contributed by atoms with E-state index < -0.39 is 11.4 Å². The van der Waals surface area contributed by atoms with Crippen LogP contribution in [-0.4, -0.2) is 21.0 Å². The van der Waals surface area contributed by atoms with Crippen LogP contribution in [-0.2, 0) is 11.2 Å². The minimum absolute atomic E-state index is 0.738. The molecule has 2 aromatic heterocycles. The molecule has 0 amide bonds. The first-order valence-electron chi connectivity index (χ1n) is 6.59. The molecule has 104 valence electrons. The van der Waals surface area contributed by atoms with Gasteiger partial charge in [0.25, 0.3) is 0 Å². The molecule has 0 spiro atoms. The standard InChI is InChI=1S/C16H18N2O2/c1-4-11-7-12-8-13(17-10-14(12)18-9-11)5-6-16(2,3)15(19)20/h5-10H,4H2,1-3H3,(H,19,20)/b6-5+. The van der Waals surface area contributed by atoms with Crippen molar-refractivity contribution in [3.05, 3.63) is 41.9 Å². The molecule has 0 fully saturated rings. The maximum atomic E-state index is 11.1. The first-order chi connectivity index (χ1) is 9.42. The fourth-order valence-corrected chi connectivity index (χ4v) is 1.74. The van der Waals surface area contributed by atoms with Gasteiger partial charge in [-0.05, 0) is 44.0 Å². The summed E-state index contributed by atoms with van der Waals surface area (Å²) in [4.78, 5) is 19.7. The number of hydrogen-bond acceptors (Lipinski definition) is 3. The molecular weight excluding hydrogens is 252 g/mol. The molecule has 0 bridgehead atoms. The molecule has 0 aliphatic carbocycles. The number of aryl methyl sites for hydroxylation is 1. The lowest BCUT2D eigenvalue weighted by atomic mass is 9.93. The summed E-state index contributed by atoms with van der Waals surface area (Å²) in [7, 11) is 0. The SMILES string of the molecule is CCc1cnc2cnc(/C=C/C(C)(C)C(=O)O)cc2c1. The van der Waals surface area contributed by atoms with E-state index in [-0.39, 0.29) is 0 Å². The number of carboxylic acids is 1. The van der Waals surface area contributed by atoms with Crippen molar-refractivity contribution in [1.29, 1.82) is 0 Å². The van der Waals surface area contributed by atoms with E-state index in [0.717, 1.165) is 23.0 Å². The van der Waals surface area contributed by atoms with E-state index in [2.05, 4.69) is 23.0 Å². The Morgan fingerprint density at radius 1 is 1.30 bits per heavy atom. The highest BCUT2D eigenvalue weighted by Crippen LogP contribution is 2.20. The van der Waals surface area contributed by atoms with Crippen molar-refractivity contribution in [3.63, 3.8) is 0 Å². The van der Waals surface area contributed by atoms with Crippen molar-refractivity contribution < 1.29 is 9.90 Å². The van der Waals surface area contributed by atoms with Gasteiger partial charge < -0.3 is 5.11 Å². The third kappa shape index (κ3) is 3.02. The summed E-state index contributed by atoms with van der Waals surface area (Å²) in [6, 6.07) is 4.01. The first-order valence-corrected chi connectivity index (χ1v) is 6.59. The van der Waals surface area contributed by atoms with Crippen LogP contribution in [0.3, 0.4) is 0 Å². The van der Waals surface area contributed by atoms with Crippen LogP contribution in [0.25, 0.3) is 17.0 Å². The zero-order valence-corrected chi connectivity index (χ0v) is 11.9. The fraction of sp³-hybridized carbons (Fsp3) is 0.312. The fourth-order valence-electron chi connectivity index (χ4n) is 1.74. The van der Waals surface area contributed by atoms with Gasteiger partial charge in [0.2, 0.25) is 0 Å². The first kappa shape index (κ1) is 14.2. The van der Waals surface area contributed by atoms with Gasteiger partial charge >= 0.3 is 5.97 Å². The Balaban J connectivity index is 2.36. The molecule has 0 unspecified atom stereocenters. The van der Waals surface area contributed by atoms with Gasteiger partial charge in [-0.2, -0.15) is 0 Å². The second kappa shape index (κ2) is 5.41. The van der Waals surface area contributed by atoms with Crippen molar-refractivity contribution in [2.75, 3.05) is 0 Å². The van der Waals surface area contributed by atoms with Crippen LogP contribution >= 0.6 is 0 Å². The highest BCUT2D eigenvalue weighted by atomic mass is 16.4. The maximum Gasteiger partial charge on any atom is 0.312 e. The van der Waals surface area contributed by atoms with Crippen molar-refractivity contribution in [2.45, 2.75) is 27.2 Å². The number of fused-ring (bicyclic) bond motifs is 1. The predicted molar refractivity (Wildman–Crippen MR) is 79.4 cm³/mol. The molecule has 0 aromatic carbocycles. The quantitative estimate of drug-likeness (QED) is 0.925. The van der Waals surface area contributed by atoms with E-state index >= 15 is 0 Å². The lowest BCUT2D eigenvalue weighted by molar-refractivity contribution is -0.144. The van der Waals surface area contributed by atoms with Gasteiger partial charge in [0, 0.05) is 11.6 Å². The molecule has 2 heterocycles. The molecule has 0 radical (unpaired) electrons. The van der Waals surface area contributed by atoms with Crippen molar-refractivity contribution in [1.82, 2.24) is 9.97 Å². The lowest BCUT2D eigenvalue weighted by Crippen LogP contribution is -2.20. The number of nitrogens with zero attached hydrogens (tertiary/aromatic N) is 2. The van der Waals surface area contributed by atoms with Gasteiger partial charge in [-0.15, -0.1) is 0 Å². The molecule has 2 aromatic rings. The number of pyridine rings is 2.